The van der Waals surface area contributed by atoms with Crippen LogP contribution in [-0.4, -0.2) is 72.4 Å². The Hall–Kier alpha value is -2.98. The smallest absolute Gasteiger partial charge is 0.456 e. The quantitative estimate of drug-likeness (QED) is 0.244. The highest BCUT2D eigenvalue weighted by molar-refractivity contribution is 5.93. The zero-order valence-corrected chi connectivity index (χ0v) is 25.7. The average Bonchev–Trinajstić information content (AvgIpc) is 3.29. The molecule has 2 aromatic rings. The highest BCUT2D eigenvalue weighted by Crippen LogP contribution is 2.46. The molecule has 44 heavy (non-hydrogen) atoms. The van der Waals surface area contributed by atoms with Gasteiger partial charge >= 0.3 is 18.1 Å². The van der Waals surface area contributed by atoms with E-state index in [0.29, 0.717) is 56.4 Å². The molecule has 1 amide bonds. The number of likely N-dealkylation sites (tertiary alicyclic amines) is 2. The van der Waals surface area contributed by atoms with Crippen LogP contribution in [0.2, 0.25) is 0 Å². The van der Waals surface area contributed by atoms with Gasteiger partial charge in [0.15, 0.2) is 0 Å². The number of hydrogen-bond acceptors (Lipinski definition) is 5. The molecule has 240 valence electrons. The first-order valence-electron chi connectivity index (χ1n) is 15.4. The van der Waals surface area contributed by atoms with E-state index in [9.17, 15) is 27.2 Å². The van der Waals surface area contributed by atoms with Gasteiger partial charge in [0.2, 0.25) is 0 Å². The summed E-state index contributed by atoms with van der Waals surface area (Å²) in [6, 6.07) is 15.5. The largest absolute Gasteiger partial charge is 0.471 e. The summed E-state index contributed by atoms with van der Waals surface area (Å²) in [6.07, 6.45) is -3.52. The summed E-state index contributed by atoms with van der Waals surface area (Å²) >= 11 is 0. The van der Waals surface area contributed by atoms with Crippen LogP contribution in [0.5, 0.6) is 0 Å². The SMILES string of the molecule is CC(C)(C)OC(=O)c1c(COC[C@@H]2CN(Cc3ccccc3)CC23CN(C(=O)C(F)(F)F)C3)cccc1C1CCC(F)CC1. The zero-order valence-electron chi connectivity index (χ0n) is 25.7. The van der Waals surface area contributed by atoms with Gasteiger partial charge in [-0.3, -0.25) is 9.69 Å². The van der Waals surface area contributed by atoms with Crippen molar-refractivity contribution in [2.24, 2.45) is 11.3 Å². The first-order valence-corrected chi connectivity index (χ1v) is 15.4. The van der Waals surface area contributed by atoms with E-state index in [1.54, 1.807) is 0 Å². The topological polar surface area (TPSA) is 59.1 Å². The van der Waals surface area contributed by atoms with Crippen LogP contribution in [0.15, 0.2) is 48.5 Å². The van der Waals surface area contributed by atoms with Gasteiger partial charge in [-0.05, 0) is 69.1 Å². The van der Waals surface area contributed by atoms with E-state index >= 15 is 0 Å². The zero-order chi connectivity index (χ0) is 31.7. The molecule has 3 fully saturated rings. The second-order valence-electron chi connectivity index (χ2n) is 13.7. The third-order valence-corrected chi connectivity index (χ3v) is 9.13. The first kappa shape index (κ1) is 32.4. The lowest BCUT2D eigenvalue weighted by Crippen LogP contribution is -2.64. The third kappa shape index (κ3) is 7.45. The lowest BCUT2D eigenvalue weighted by molar-refractivity contribution is -0.198. The van der Waals surface area contributed by atoms with Crippen molar-refractivity contribution in [1.29, 1.82) is 0 Å². The summed E-state index contributed by atoms with van der Waals surface area (Å²) in [4.78, 5) is 28.5. The van der Waals surface area contributed by atoms with Crippen molar-refractivity contribution in [2.75, 3.05) is 32.8 Å². The van der Waals surface area contributed by atoms with Crippen LogP contribution >= 0.6 is 0 Å². The van der Waals surface area contributed by atoms with Crippen molar-refractivity contribution >= 4 is 11.9 Å². The molecule has 1 saturated carbocycles. The molecule has 3 aliphatic rings. The van der Waals surface area contributed by atoms with Gasteiger partial charge in [-0.25, -0.2) is 9.18 Å². The molecule has 0 N–H and O–H groups in total. The fourth-order valence-corrected chi connectivity index (χ4v) is 7.06. The number of esters is 1. The van der Waals surface area contributed by atoms with Crippen LogP contribution in [0.3, 0.4) is 0 Å². The van der Waals surface area contributed by atoms with Crippen molar-refractivity contribution in [3.05, 3.63) is 70.8 Å². The molecular weight excluding hydrogens is 576 g/mol. The number of hydrogen-bond donors (Lipinski definition) is 0. The summed E-state index contributed by atoms with van der Waals surface area (Å²) in [5.41, 5.74) is 1.88. The van der Waals surface area contributed by atoms with Crippen molar-refractivity contribution in [3.8, 4) is 0 Å². The maximum absolute atomic E-state index is 13.9. The number of carbonyl (C=O) groups is 2. The lowest BCUT2D eigenvalue weighted by Gasteiger charge is -2.51. The summed E-state index contributed by atoms with van der Waals surface area (Å²) in [7, 11) is 0. The highest BCUT2D eigenvalue weighted by atomic mass is 19.4. The Bertz CT molecular complexity index is 1310. The number of halogens is 4. The Kier molecular flexibility index (Phi) is 9.42. The Morgan fingerprint density at radius 1 is 0.932 bits per heavy atom. The van der Waals surface area contributed by atoms with Crippen LogP contribution < -0.4 is 0 Å². The summed E-state index contributed by atoms with van der Waals surface area (Å²) in [6.45, 7) is 7.71. The molecule has 0 aromatic heterocycles. The molecule has 0 bridgehead atoms. The summed E-state index contributed by atoms with van der Waals surface area (Å²) < 4.78 is 65.4. The third-order valence-electron chi connectivity index (χ3n) is 9.13. The fourth-order valence-electron chi connectivity index (χ4n) is 7.06. The van der Waals surface area contributed by atoms with E-state index < -0.39 is 35.2 Å². The average molecular weight is 619 g/mol. The van der Waals surface area contributed by atoms with Gasteiger partial charge in [0.05, 0.1) is 18.8 Å². The van der Waals surface area contributed by atoms with Crippen LogP contribution in [0, 0.1) is 11.3 Å². The predicted molar refractivity (Wildman–Crippen MR) is 158 cm³/mol. The number of alkyl halides is 4. The van der Waals surface area contributed by atoms with Crippen LogP contribution in [-0.2, 0) is 27.4 Å². The number of rotatable bonds is 8. The summed E-state index contributed by atoms with van der Waals surface area (Å²) in [5, 5.41) is 0. The maximum atomic E-state index is 13.9. The maximum Gasteiger partial charge on any atom is 0.471 e. The van der Waals surface area contributed by atoms with Gasteiger partial charge in [0, 0.05) is 44.1 Å². The van der Waals surface area contributed by atoms with Crippen LogP contribution in [0.1, 0.15) is 79.4 Å². The number of carbonyl (C=O) groups excluding carboxylic acids is 2. The minimum atomic E-state index is -4.90. The molecular formula is C34H42F4N2O4. The molecule has 1 atom stereocenters. The van der Waals surface area contributed by atoms with Crippen molar-refractivity contribution in [2.45, 2.75) is 83.5 Å². The molecule has 2 heterocycles. The molecule has 0 radical (unpaired) electrons. The molecule has 10 heteroatoms. The van der Waals surface area contributed by atoms with E-state index in [1.165, 1.54) is 0 Å². The van der Waals surface area contributed by atoms with E-state index in [-0.39, 0.29) is 38.1 Å². The normalized spacial score (nSPS) is 23.9. The first-order chi connectivity index (χ1) is 20.7. The second-order valence-corrected chi connectivity index (χ2v) is 13.7. The van der Waals surface area contributed by atoms with Crippen molar-refractivity contribution in [1.82, 2.24) is 9.80 Å². The van der Waals surface area contributed by atoms with E-state index in [1.807, 2.05) is 69.3 Å². The molecule has 2 aromatic carbocycles. The van der Waals surface area contributed by atoms with E-state index in [0.717, 1.165) is 16.0 Å². The van der Waals surface area contributed by atoms with Gasteiger partial charge in [0.25, 0.3) is 0 Å². The van der Waals surface area contributed by atoms with E-state index in [4.69, 9.17) is 9.47 Å². The molecule has 5 rings (SSSR count). The van der Waals surface area contributed by atoms with Gasteiger partial charge in [0.1, 0.15) is 11.8 Å². The Balaban J connectivity index is 1.32. The Morgan fingerprint density at radius 2 is 1.61 bits per heavy atom. The molecule has 0 unspecified atom stereocenters. The highest BCUT2D eigenvalue weighted by Gasteiger charge is 2.58. The molecule has 1 spiro atoms. The fraction of sp³-hybridized carbons (Fsp3) is 0.588. The predicted octanol–water partition coefficient (Wildman–Crippen LogP) is 6.68. The number of amides is 1. The van der Waals surface area contributed by atoms with Crippen molar-refractivity contribution < 1.29 is 36.6 Å². The van der Waals surface area contributed by atoms with Crippen LogP contribution in [0.4, 0.5) is 17.6 Å². The Morgan fingerprint density at radius 3 is 2.25 bits per heavy atom. The van der Waals surface area contributed by atoms with Crippen molar-refractivity contribution in [3.63, 3.8) is 0 Å². The molecule has 1 aliphatic carbocycles. The van der Waals surface area contributed by atoms with Crippen LogP contribution in [0.25, 0.3) is 0 Å². The molecule has 2 saturated heterocycles. The number of benzene rings is 2. The lowest BCUT2D eigenvalue weighted by atomic mass is 9.71. The van der Waals surface area contributed by atoms with Gasteiger partial charge in [-0.15, -0.1) is 0 Å². The van der Waals surface area contributed by atoms with E-state index in [2.05, 4.69) is 4.90 Å². The van der Waals surface area contributed by atoms with Gasteiger partial charge in [-0.2, -0.15) is 13.2 Å². The number of nitrogens with zero attached hydrogens (tertiary/aromatic N) is 2. The summed E-state index contributed by atoms with van der Waals surface area (Å²) in [5.74, 6) is -2.30. The molecule has 6 nitrogen and oxygen atoms in total. The molecule has 2 aliphatic heterocycles. The minimum absolute atomic E-state index is 0.0283. The van der Waals surface area contributed by atoms with Gasteiger partial charge in [-0.1, -0.05) is 48.5 Å². The second kappa shape index (κ2) is 12.8. The van der Waals surface area contributed by atoms with Gasteiger partial charge < -0.3 is 14.4 Å². The monoisotopic (exact) mass is 618 g/mol. The standard InChI is InChI=1S/C34H42F4N2O4/c1-32(2,3)44-30(41)29-25(10-7-11-28(29)24-12-14-27(35)15-13-24)18-43-19-26-17-39(16-23-8-5-4-6-9-23)20-33(26)21-40(22-33)31(42)34(36,37)38/h4-11,24,26-27H,12-22H2,1-3H3/t24?,26-,27?/m0/s1. The minimum Gasteiger partial charge on any atom is -0.456 e. The number of ether oxygens (including phenoxy) is 2. The Labute approximate surface area is 256 Å².